The summed E-state index contributed by atoms with van der Waals surface area (Å²) in [4.78, 5) is 16.3. The van der Waals surface area contributed by atoms with Gasteiger partial charge < -0.3 is 15.2 Å². The molecule has 122 valence electrons. The molecule has 1 heterocycles. The molecule has 2 N–H and O–H groups in total. The van der Waals surface area contributed by atoms with Gasteiger partial charge in [-0.2, -0.15) is 0 Å². The van der Waals surface area contributed by atoms with E-state index in [1.54, 1.807) is 25.4 Å². The molecule has 0 aliphatic rings. The van der Waals surface area contributed by atoms with Gasteiger partial charge in [0.25, 0.3) is 5.91 Å². The first kappa shape index (κ1) is 17.4. The molecule has 0 saturated carbocycles. The number of anilines is 1. The predicted molar refractivity (Wildman–Crippen MR) is 92.5 cm³/mol. The first-order chi connectivity index (χ1) is 10.9. The Morgan fingerprint density at radius 3 is 2.87 bits per heavy atom. The second-order valence-electron chi connectivity index (χ2n) is 5.45. The van der Waals surface area contributed by atoms with Crippen LogP contribution in [0, 0.1) is 0 Å². The smallest absolute Gasteiger partial charge is 0.256 e. The van der Waals surface area contributed by atoms with Gasteiger partial charge in [-0.1, -0.05) is 12.1 Å². The van der Waals surface area contributed by atoms with Crippen LogP contribution in [-0.4, -0.2) is 28.7 Å². The number of nitrogens with zero attached hydrogens (tertiary/aromatic N) is 1. The lowest BCUT2D eigenvalue weighted by Crippen LogP contribution is -2.40. The lowest BCUT2D eigenvalue weighted by Gasteiger charge is -2.22. The summed E-state index contributed by atoms with van der Waals surface area (Å²) >= 11 is 3.24. The van der Waals surface area contributed by atoms with Crippen molar-refractivity contribution in [2.24, 2.45) is 0 Å². The number of hydrogen-bond donors (Lipinski definition) is 2. The Hall–Kier alpha value is -1.92. The lowest BCUT2D eigenvalue weighted by molar-refractivity contribution is -0.132. The van der Waals surface area contributed by atoms with Crippen molar-refractivity contribution >= 4 is 27.5 Å². The van der Waals surface area contributed by atoms with Gasteiger partial charge in [0.05, 0.1) is 7.11 Å². The fourth-order valence-electron chi connectivity index (χ4n) is 2.08. The number of aryl methyl sites for hydroxylation is 1. The highest BCUT2D eigenvalue weighted by atomic mass is 79.9. The number of carbonyl (C=O) groups excluding carboxylic acids is 1. The third-order valence-electron chi connectivity index (χ3n) is 3.51. The van der Waals surface area contributed by atoms with Crippen LogP contribution < -0.4 is 10.1 Å². The van der Waals surface area contributed by atoms with E-state index in [1.165, 1.54) is 6.92 Å². The maximum Gasteiger partial charge on any atom is 0.256 e. The van der Waals surface area contributed by atoms with Gasteiger partial charge in [0, 0.05) is 11.9 Å². The zero-order valence-corrected chi connectivity index (χ0v) is 14.6. The molecule has 0 saturated heterocycles. The fourth-order valence-corrected chi connectivity index (χ4v) is 2.44. The number of halogens is 1. The van der Waals surface area contributed by atoms with Crippen molar-refractivity contribution in [3.63, 3.8) is 0 Å². The molecule has 1 amide bonds. The highest BCUT2D eigenvalue weighted by molar-refractivity contribution is 9.10. The maximum atomic E-state index is 12.3. The minimum atomic E-state index is -1.47. The van der Waals surface area contributed by atoms with E-state index in [2.05, 4.69) is 26.2 Å². The van der Waals surface area contributed by atoms with Crippen molar-refractivity contribution in [3.05, 3.63) is 52.8 Å². The minimum Gasteiger partial charge on any atom is -0.497 e. The number of methoxy groups -OCH3 is 1. The normalized spacial score (nSPS) is 13.2. The Morgan fingerprint density at radius 1 is 1.39 bits per heavy atom. The molecule has 0 radical (unpaired) electrons. The van der Waals surface area contributed by atoms with Crippen molar-refractivity contribution in [1.29, 1.82) is 0 Å². The van der Waals surface area contributed by atoms with Gasteiger partial charge in [0.2, 0.25) is 0 Å². The highest BCUT2D eigenvalue weighted by Gasteiger charge is 2.30. The molecule has 0 fully saturated rings. The van der Waals surface area contributed by atoms with Crippen molar-refractivity contribution in [3.8, 4) is 5.75 Å². The number of pyridine rings is 1. The molecule has 0 aliphatic carbocycles. The largest absolute Gasteiger partial charge is 0.497 e. The molecule has 5 nitrogen and oxygen atoms in total. The van der Waals surface area contributed by atoms with Crippen molar-refractivity contribution in [2.45, 2.75) is 25.4 Å². The monoisotopic (exact) mass is 378 g/mol. The van der Waals surface area contributed by atoms with Crippen LogP contribution in [0.25, 0.3) is 0 Å². The van der Waals surface area contributed by atoms with E-state index in [1.807, 2.05) is 24.3 Å². The van der Waals surface area contributed by atoms with Crippen LogP contribution in [0.15, 0.2) is 47.2 Å². The molecule has 0 unspecified atom stereocenters. The van der Waals surface area contributed by atoms with E-state index in [0.29, 0.717) is 23.1 Å². The highest BCUT2D eigenvalue weighted by Crippen LogP contribution is 2.20. The number of aromatic nitrogens is 1. The van der Waals surface area contributed by atoms with Crippen LogP contribution in [-0.2, 0) is 11.2 Å². The molecule has 1 aromatic heterocycles. The molecule has 2 aromatic rings. The number of benzene rings is 1. The molecule has 2 rings (SSSR count). The summed E-state index contributed by atoms with van der Waals surface area (Å²) in [6, 6.07) is 10.9. The average Bonchev–Trinajstić information content (AvgIpc) is 2.53. The predicted octanol–water partition coefficient (Wildman–Crippen LogP) is 3.18. The Bertz CT molecular complexity index is 689. The molecule has 0 spiro atoms. The van der Waals surface area contributed by atoms with Crippen molar-refractivity contribution < 1.29 is 14.6 Å². The Balaban J connectivity index is 1.98. The second-order valence-corrected chi connectivity index (χ2v) is 6.26. The standard InChI is InChI=1S/C17H19BrN2O3/c1-17(22,8-6-12-4-3-5-14(10-12)23-2)16(21)20-13-7-9-19-15(18)11-13/h3-5,7,9-11,22H,6,8H2,1-2H3,(H,19,20,21)/t17-/m1/s1. The summed E-state index contributed by atoms with van der Waals surface area (Å²) in [5, 5.41) is 13.1. The molecular formula is C17H19BrN2O3. The molecule has 0 aliphatic heterocycles. The van der Waals surface area contributed by atoms with E-state index in [-0.39, 0.29) is 0 Å². The van der Waals surface area contributed by atoms with Crippen LogP contribution in [0.4, 0.5) is 5.69 Å². The third-order valence-corrected chi connectivity index (χ3v) is 3.94. The van der Waals surface area contributed by atoms with Crippen LogP contribution in [0.2, 0.25) is 0 Å². The summed E-state index contributed by atoms with van der Waals surface area (Å²) in [5.41, 5.74) is 0.112. The summed E-state index contributed by atoms with van der Waals surface area (Å²) in [6.45, 7) is 1.51. The van der Waals surface area contributed by atoms with Gasteiger partial charge in [0.1, 0.15) is 16.0 Å². The number of hydrogen-bond acceptors (Lipinski definition) is 4. The Kier molecular flexibility index (Phi) is 5.74. The number of nitrogens with one attached hydrogen (secondary N) is 1. The minimum absolute atomic E-state index is 0.304. The molecule has 6 heteroatoms. The number of ether oxygens (including phenoxy) is 1. The number of carbonyl (C=O) groups is 1. The van der Waals surface area contributed by atoms with Crippen LogP contribution in [0.3, 0.4) is 0 Å². The van der Waals surface area contributed by atoms with Crippen LogP contribution in [0.5, 0.6) is 5.75 Å². The van der Waals surface area contributed by atoms with Gasteiger partial charge in [-0.05, 0) is 65.5 Å². The van der Waals surface area contributed by atoms with Gasteiger partial charge in [-0.15, -0.1) is 0 Å². The first-order valence-corrected chi connectivity index (χ1v) is 7.98. The van der Waals surface area contributed by atoms with Crippen LogP contribution in [0.1, 0.15) is 18.9 Å². The SMILES string of the molecule is COc1cccc(CC[C@@](C)(O)C(=O)Nc2ccnc(Br)c2)c1. The zero-order chi connectivity index (χ0) is 16.9. The van der Waals surface area contributed by atoms with Crippen molar-refractivity contribution in [2.75, 3.05) is 12.4 Å². The fraction of sp³-hybridized carbons (Fsp3) is 0.294. The van der Waals surface area contributed by atoms with Gasteiger partial charge in [0.15, 0.2) is 0 Å². The quantitative estimate of drug-likeness (QED) is 0.757. The van der Waals surface area contributed by atoms with E-state index in [9.17, 15) is 9.90 Å². The summed E-state index contributed by atoms with van der Waals surface area (Å²) < 4.78 is 5.79. The zero-order valence-electron chi connectivity index (χ0n) is 13.0. The molecule has 1 atom stereocenters. The topological polar surface area (TPSA) is 71.5 Å². The molecule has 1 aromatic carbocycles. The lowest BCUT2D eigenvalue weighted by atomic mass is 9.95. The Morgan fingerprint density at radius 2 is 2.17 bits per heavy atom. The third kappa shape index (κ3) is 5.04. The first-order valence-electron chi connectivity index (χ1n) is 7.19. The van der Waals surface area contributed by atoms with E-state index >= 15 is 0 Å². The molecule has 0 bridgehead atoms. The van der Waals surface area contributed by atoms with Crippen LogP contribution >= 0.6 is 15.9 Å². The van der Waals surface area contributed by atoms with Gasteiger partial charge in [-0.3, -0.25) is 4.79 Å². The maximum absolute atomic E-state index is 12.3. The molecular weight excluding hydrogens is 360 g/mol. The van der Waals surface area contributed by atoms with Gasteiger partial charge in [-0.25, -0.2) is 4.98 Å². The van der Waals surface area contributed by atoms with Gasteiger partial charge >= 0.3 is 0 Å². The number of amides is 1. The van der Waals surface area contributed by atoms with Crippen molar-refractivity contribution in [1.82, 2.24) is 4.98 Å². The summed E-state index contributed by atoms with van der Waals surface area (Å²) in [5.74, 6) is 0.312. The van der Waals surface area contributed by atoms with E-state index in [4.69, 9.17) is 4.74 Å². The van der Waals surface area contributed by atoms with E-state index in [0.717, 1.165) is 11.3 Å². The Labute approximate surface area is 143 Å². The summed E-state index contributed by atoms with van der Waals surface area (Å²) in [6.07, 6.45) is 2.45. The molecule has 23 heavy (non-hydrogen) atoms. The number of aliphatic hydroxyl groups is 1. The number of rotatable bonds is 6. The summed E-state index contributed by atoms with van der Waals surface area (Å²) in [7, 11) is 1.61. The van der Waals surface area contributed by atoms with E-state index < -0.39 is 11.5 Å². The average molecular weight is 379 g/mol. The second kappa shape index (κ2) is 7.57.